The van der Waals surface area contributed by atoms with Gasteiger partial charge in [-0.2, -0.15) is 0 Å². The standard InChI is InChI=1S/C8H5ClO4.Cu/c9-5-3-1-2-4(7(10)11)6(5)8(12)13;/h1-3H,(H,10,11)(H,12,13);. The Labute approximate surface area is 95.0 Å². The molecule has 0 unspecified atom stereocenters. The molecule has 0 saturated heterocycles. The number of carboxylic acids is 2. The van der Waals surface area contributed by atoms with Crippen molar-refractivity contribution in [3.05, 3.63) is 34.3 Å². The molecule has 0 aromatic heterocycles. The van der Waals surface area contributed by atoms with E-state index in [1.165, 1.54) is 18.2 Å². The molecule has 0 amide bonds. The van der Waals surface area contributed by atoms with Crippen LogP contribution in [0.2, 0.25) is 5.02 Å². The van der Waals surface area contributed by atoms with E-state index < -0.39 is 11.9 Å². The van der Waals surface area contributed by atoms with Crippen molar-refractivity contribution >= 4 is 23.5 Å². The summed E-state index contributed by atoms with van der Waals surface area (Å²) in [7, 11) is 0. The summed E-state index contributed by atoms with van der Waals surface area (Å²) in [5.74, 6) is -2.65. The van der Waals surface area contributed by atoms with E-state index in [2.05, 4.69) is 0 Å². The monoisotopic (exact) mass is 263 g/mol. The Morgan fingerprint density at radius 1 is 1.14 bits per heavy atom. The van der Waals surface area contributed by atoms with Crippen LogP contribution in [0.1, 0.15) is 20.7 Å². The van der Waals surface area contributed by atoms with Crippen LogP contribution in [0, 0.1) is 0 Å². The van der Waals surface area contributed by atoms with Gasteiger partial charge >= 0.3 is 11.9 Å². The maximum absolute atomic E-state index is 10.6. The van der Waals surface area contributed by atoms with Crippen molar-refractivity contribution in [2.24, 2.45) is 0 Å². The summed E-state index contributed by atoms with van der Waals surface area (Å²) >= 11 is 5.52. The predicted octanol–water partition coefficient (Wildman–Crippen LogP) is 1.73. The SMILES string of the molecule is O=C(O)c1cccc(Cl)c1C(=O)O.[Cu]. The third-order valence-electron chi connectivity index (χ3n) is 1.46. The number of halogens is 1. The number of benzene rings is 1. The number of hydrogen-bond acceptors (Lipinski definition) is 2. The Bertz CT molecular complexity index is 378. The minimum atomic E-state index is -1.34. The first-order valence-electron chi connectivity index (χ1n) is 3.29. The fourth-order valence-corrected chi connectivity index (χ4v) is 1.18. The van der Waals surface area contributed by atoms with Crippen LogP contribution >= 0.6 is 11.6 Å². The Balaban J connectivity index is 0.00000169. The first-order chi connectivity index (χ1) is 6.04. The Hall–Kier alpha value is -1.03. The second-order valence-electron chi connectivity index (χ2n) is 2.27. The van der Waals surface area contributed by atoms with E-state index in [0.717, 1.165) is 0 Å². The molecule has 0 bridgehead atoms. The minimum Gasteiger partial charge on any atom is -0.478 e. The molecular formula is C8H5ClCuO4. The molecule has 0 fully saturated rings. The van der Waals surface area contributed by atoms with Crippen molar-refractivity contribution in [1.82, 2.24) is 0 Å². The van der Waals surface area contributed by atoms with Gasteiger partial charge < -0.3 is 10.2 Å². The van der Waals surface area contributed by atoms with Gasteiger partial charge in [0.25, 0.3) is 0 Å². The van der Waals surface area contributed by atoms with E-state index in [4.69, 9.17) is 21.8 Å². The van der Waals surface area contributed by atoms with Crippen molar-refractivity contribution in [3.63, 3.8) is 0 Å². The Morgan fingerprint density at radius 2 is 1.71 bits per heavy atom. The maximum Gasteiger partial charge on any atom is 0.338 e. The number of carboxylic acid groups (broad SMARTS) is 2. The first-order valence-corrected chi connectivity index (χ1v) is 3.67. The van der Waals surface area contributed by atoms with Gasteiger partial charge in [0.2, 0.25) is 0 Å². The van der Waals surface area contributed by atoms with Crippen LogP contribution in [0.5, 0.6) is 0 Å². The van der Waals surface area contributed by atoms with Gasteiger partial charge in [-0.1, -0.05) is 17.7 Å². The van der Waals surface area contributed by atoms with Crippen molar-refractivity contribution in [3.8, 4) is 0 Å². The van der Waals surface area contributed by atoms with E-state index in [9.17, 15) is 9.59 Å². The summed E-state index contributed by atoms with van der Waals surface area (Å²) in [6.07, 6.45) is 0. The number of rotatable bonds is 2. The Kier molecular flexibility index (Phi) is 4.63. The van der Waals surface area contributed by atoms with Crippen LogP contribution in [-0.4, -0.2) is 22.2 Å². The van der Waals surface area contributed by atoms with E-state index >= 15 is 0 Å². The largest absolute Gasteiger partial charge is 0.478 e. The molecule has 79 valence electrons. The molecule has 0 aliphatic carbocycles. The smallest absolute Gasteiger partial charge is 0.338 e. The summed E-state index contributed by atoms with van der Waals surface area (Å²) in [6, 6.07) is 3.91. The maximum atomic E-state index is 10.6. The zero-order valence-corrected chi connectivity index (χ0v) is 8.32. The molecule has 0 heterocycles. The van der Waals surface area contributed by atoms with E-state index in [0.29, 0.717) is 0 Å². The van der Waals surface area contributed by atoms with Crippen LogP contribution in [-0.2, 0) is 17.1 Å². The number of hydrogen-bond donors (Lipinski definition) is 2. The zero-order chi connectivity index (χ0) is 10.0. The van der Waals surface area contributed by atoms with Gasteiger partial charge in [-0.25, -0.2) is 9.59 Å². The molecule has 1 aromatic rings. The van der Waals surface area contributed by atoms with Crippen molar-refractivity contribution in [2.75, 3.05) is 0 Å². The molecule has 0 saturated carbocycles. The quantitative estimate of drug-likeness (QED) is 0.798. The van der Waals surface area contributed by atoms with Crippen LogP contribution in [0.3, 0.4) is 0 Å². The zero-order valence-electron chi connectivity index (χ0n) is 6.62. The topological polar surface area (TPSA) is 74.6 Å². The second-order valence-corrected chi connectivity index (χ2v) is 2.68. The molecule has 6 heteroatoms. The van der Waals surface area contributed by atoms with Gasteiger partial charge in [-0.3, -0.25) is 0 Å². The van der Waals surface area contributed by atoms with Crippen molar-refractivity contribution in [1.29, 1.82) is 0 Å². The van der Waals surface area contributed by atoms with E-state index in [1.807, 2.05) is 0 Å². The van der Waals surface area contributed by atoms with Gasteiger partial charge in [0.1, 0.15) is 0 Å². The molecule has 0 aliphatic heterocycles. The third-order valence-corrected chi connectivity index (χ3v) is 1.77. The molecule has 1 rings (SSSR count). The van der Waals surface area contributed by atoms with Crippen LogP contribution in [0.4, 0.5) is 0 Å². The molecule has 1 aromatic carbocycles. The second kappa shape index (κ2) is 5.00. The predicted molar refractivity (Wildman–Crippen MR) is 45.4 cm³/mol. The average molecular weight is 264 g/mol. The van der Waals surface area contributed by atoms with Crippen molar-refractivity contribution in [2.45, 2.75) is 0 Å². The van der Waals surface area contributed by atoms with Crippen LogP contribution < -0.4 is 0 Å². The normalized spacial score (nSPS) is 8.93. The van der Waals surface area contributed by atoms with E-state index in [1.54, 1.807) is 0 Å². The van der Waals surface area contributed by atoms with Gasteiger partial charge in [0.05, 0.1) is 16.1 Å². The molecule has 14 heavy (non-hydrogen) atoms. The van der Waals surface area contributed by atoms with Crippen LogP contribution in [0.25, 0.3) is 0 Å². The summed E-state index contributed by atoms with van der Waals surface area (Å²) in [6.45, 7) is 0. The fraction of sp³-hybridized carbons (Fsp3) is 0. The van der Waals surface area contributed by atoms with Gasteiger partial charge in [0, 0.05) is 17.1 Å². The van der Waals surface area contributed by atoms with Gasteiger partial charge in [-0.15, -0.1) is 0 Å². The summed E-state index contributed by atoms with van der Waals surface area (Å²) in [4.78, 5) is 21.2. The Morgan fingerprint density at radius 3 is 2.07 bits per heavy atom. The number of carbonyl (C=O) groups is 2. The minimum absolute atomic E-state index is 0. The molecule has 0 aliphatic rings. The first kappa shape index (κ1) is 13.0. The van der Waals surface area contributed by atoms with E-state index in [-0.39, 0.29) is 33.2 Å². The average Bonchev–Trinajstić information content (AvgIpc) is 2.02. The third kappa shape index (κ3) is 2.48. The van der Waals surface area contributed by atoms with Gasteiger partial charge in [0.15, 0.2) is 0 Å². The molecular weight excluding hydrogens is 259 g/mol. The summed E-state index contributed by atoms with van der Waals surface area (Å²) < 4.78 is 0. The van der Waals surface area contributed by atoms with Crippen LogP contribution in [0.15, 0.2) is 18.2 Å². The number of aromatic carboxylic acids is 2. The van der Waals surface area contributed by atoms with Crippen molar-refractivity contribution < 1.29 is 36.9 Å². The van der Waals surface area contributed by atoms with Gasteiger partial charge in [-0.05, 0) is 12.1 Å². The summed E-state index contributed by atoms with van der Waals surface area (Å²) in [5, 5.41) is 17.2. The molecule has 0 atom stereocenters. The summed E-state index contributed by atoms with van der Waals surface area (Å²) in [5.41, 5.74) is -0.684. The molecule has 2 N–H and O–H groups in total. The molecule has 0 spiro atoms. The fourth-order valence-electron chi connectivity index (χ4n) is 0.920. The molecule has 4 nitrogen and oxygen atoms in total. The molecule has 1 radical (unpaired) electrons.